The van der Waals surface area contributed by atoms with Crippen LogP contribution in [0, 0.1) is 0 Å². The van der Waals surface area contributed by atoms with Crippen LogP contribution in [-0.4, -0.2) is 17.6 Å². The van der Waals surface area contributed by atoms with Crippen LogP contribution in [0.4, 0.5) is 0 Å². The van der Waals surface area contributed by atoms with E-state index in [0.717, 1.165) is 11.1 Å². The van der Waals surface area contributed by atoms with Gasteiger partial charge in [0.15, 0.2) is 4.80 Å². The standard InChI is InChI=1S/C26H22N2O3S/c1-18-23(25(30)31-2)21(17-16-20-12-7-4-8-13-20)28-24(29)22(32-26(28)27-18)15-9-14-19-10-5-3-6-11-19/h3-17,21H,1-2H3/b14-9+,17-16+,22-15+/t21-/m1/s1. The van der Waals surface area contributed by atoms with E-state index in [-0.39, 0.29) is 5.56 Å². The fourth-order valence-corrected chi connectivity index (χ4v) is 4.52. The zero-order valence-electron chi connectivity index (χ0n) is 17.8. The van der Waals surface area contributed by atoms with Crippen LogP contribution in [0.25, 0.3) is 18.2 Å². The number of allylic oxidation sites excluding steroid dienone is 3. The maximum Gasteiger partial charge on any atom is 0.338 e. The normalized spacial score (nSPS) is 16.4. The lowest BCUT2D eigenvalue weighted by atomic mass is 10.0. The number of ether oxygens (including phenoxy) is 1. The predicted molar refractivity (Wildman–Crippen MR) is 129 cm³/mol. The molecule has 4 rings (SSSR count). The molecule has 0 bridgehead atoms. The minimum atomic E-state index is -0.598. The Morgan fingerprint density at radius 3 is 2.28 bits per heavy atom. The van der Waals surface area contributed by atoms with E-state index < -0.39 is 12.0 Å². The van der Waals surface area contributed by atoms with Crippen molar-refractivity contribution >= 4 is 35.5 Å². The molecule has 0 N–H and O–H groups in total. The van der Waals surface area contributed by atoms with Gasteiger partial charge in [-0.25, -0.2) is 9.79 Å². The highest BCUT2D eigenvalue weighted by atomic mass is 32.1. The Hall–Kier alpha value is -3.77. The molecular formula is C26H22N2O3S. The van der Waals surface area contributed by atoms with E-state index in [1.807, 2.05) is 85.0 Å². The van der Waals surface area contributed by atoms with Crippen molar-refractivity contribution in [3.8, 4) is 0 Å². The van der Waals surface area contributed by atoms with E-state index in [0.29, 0.717) is 20.6 Å². The van der Waals surface area contributed by atoms with Gasteiger partial charge in [-0.3, -0.25) is 9.36 Å². The predicted octanol–water partition coefficient (Wildman–Crippen LogP) is 3.74. The second kappa shape index (κ2) is 9.58. The molecule has 1 atom stereocenters. The van der Waals surface area contributed by atoms with E-state index in [4.69, 9.17) is 4.74 Å². The lowest BCUT2D eigenvalue weighted by molar-refractivity contribution is -0.136. The maximum absolute atomic E-state index is 13.3. The van der Waals surface area contributed by atoms with E-state index in [9.17, 15) is 9.59 Å². The molecule has 6 heteroatoms. The number of carbonyl (C=O) groups excluding carboxylic acids is 1. The summed E-state index contributed by atoms with van der Waals surface area (Å²) < 4.78 is 7.11. The van der Waals surface area contributed by atoms with Crippen LogP contribution in [0.15, 0.2) is 93.9 Å². The van der Waals surface area contributed by atoms with Crippen LogP contribution in [-0.2, 0) is 9.53 Å². The molecule has 0 saturated heterocycles. The quantitative estimate of drug-likeness (QED) is 0.566. The molecule has 1 aromatic heterocycles. The Kier molecular flexibility index (Phi) is 6.42. The summed E-state index contributed by atoms with van der Waals surface area (Å²) in [6.45, 7) is 1.77. The second-order valence-corrected chi connectivity index (χ2v) is 8.19. The van der Waals surface area contributed by atoms with Gasteiger partial charge in [-0.15, -0.1) is 0 Å². The highest BCUT2D eigenvalue weighted by molar-refractivity contribution is 7.07. The molecule has 32 heavy (non-hydrogen) atoms. The van der Waals surface area contributed by atoms with E-state index in [1.165, 1.54) is 18.4 Å². The number of esters is 1. The van der Waals surface area contributed by atoms with Gasteiger partial charge in [0.1, 0.15) is 0 Å². The summed E-state index contributed by atoms with van der Waals surface area (Å²) in [5, 5.41) is 0. The summed E-state index contributed by atoms with van der Waals surface area (Å²) in [6.07, 6.45) is 9.33. The third-order valence-corrected chi connectivity index (χ3v) is 6.08. The molecule has 3 aromatic rings. The molecule has 160 valence electrons. The van der Waals surface area contributed by atoms with Gasteiger partial charge in [-0.2, -0.15) is 0 Å². The van der Waals surface area contributed by atoms with Crippen molar-refractivity contribution < 1.29 is 9.53 Å². The van der Waals surface area contributed by atoms with Crippen LogP contribution < -0.4 is 14.9 Å². The lowest BCUT2D eigenvalue weighted by Crippen LogP contribution is -2.38. The molecule has 0 unspecified atom stereocenters. The first-order valence-corrected chi connectivity index (χ1v) is 11.0. The summed E-state index contributed by atoms with van der Waals surface area (Å²) in [4.78, 5) is 30.9. The van der Waals surface area contributed by atoms with Gasteiger partial charge >= 0.3 is 5.97 Å². The first-order valence-electron chi connectivity index (χ1n) is 10.1. The number of hydrogen-bond acceptors (Lipinski definition) is 5. The number of nitrogens with zero attached hydrogens (tertiary/aromatic N) is 2. The fraction of sp³-hybridized carbons (Fsp3) is 0.115. The van der Waals surface area contributed by atoms with Crippen molar-refractivity contribution in [1.29, 1.82) is 0 Å². The summed E-state index contributed by atoms with van der Waals surface area (Å²) in [6, 6.07) is 19.0. The molecule has 2 heterocycles. The summed E-state index contributed by atoms with van der Waals surface area (Å²) in [7, 11) is 1.33. The molecule has 2 aromatic carbocycles. The van der Waals surface area contributed by atoms with Crippen LogP contribution in [0.5, 0.6) is 0 Å². The number of rotatable bonds is 5. The van der Waals surface area contributed by atoms with Gasteiger partial charge < -0.3 is 4.74 Å². The molecule has 0 radical (unpaired) electrons. The van der Waals surface area contributed by atoms with Crippen molar-refractivity contribution in [3.05, 3.63) is 115 Å². The Bertz CT molecular complexity index is 1390. The molecule has 0 aliphatic carbocycles. The minimum absolute atomic E-state index is 0.192. The van der Waals surface area contributed by atoms with Crippen LogP contribution >= 0.6 is 11.3 Å². The third-order valence-electron chi connectivity index (χ3n) is 5.08. The number of aromatic nitrogens is 1. The average molecular weight is 443 g/mol. The number of hydrogen-bond donors (Lipinski definition) is 0. The average Bonchev–Trinajstić information content (AvgIpc) is 3.13. The summed E-state index contributed by atoms with van der Waals surface area (Å²) >= 11 is 1.30. The lowest BCUT2D eigenvalue weighted by Gasteiger charge is -2.21. The summed E-state index contributed by atoms with van der Waals surface area (Å²) in [5.41, 5.74) is 2.73. The van der Waals surface area contributed by atoms with Crippen LogP contribution in [0.2, 0.25) is 0 Å². The molecule has 0 saturated carbocycles. The molecule has 1 aliphatic rings. The summed E-state index contributed by atoms with van der Waals surface area (Å²) in [5.74, 6) is -0.493. The molecule has 1 aliphatic heterocycles. The number of thiazole rings is 1. The highest BCUT2D eigenvalue weighted by Gasteiger charge is 2.29. The fourth-order valence-electron chi connectivity index (χ4n) is 3.51. The second-order valence-electron chi connectivity index (χ2n) is 7.18. The Labute approximate surface area is 189 Å². The number of methoxy groups -OCH3 is 1. The Morgan fingerprint density at radius 1 is 1.03 bits per heavy atom. The van der Waals surface area contributed by atoms with E-state index in [1.54, 1.807) is 17.6 Å². The number of fused-ring (bicyclic) bond motifs is 1. The van der Waals surface area contributed by atoms with Crippen LogP contribution in [0.3, 0.4) is 0 Å². The Morgan fingerprint density at radius 2 is 1.66 bits per heavy atom. The van der Waals surface area contributed by atoms with Crippen molar-refractivity contribution in [1.82, 2.24) is 4.57 Å². The van der Waals surface area contributed by atoms with Gasteiger partial charge in [0, 0.05) is 0 Å². The van der Waals surface area contributed by atoms with Crippen molar-refractivity contribution in [2.45, 2.75) is 13.0 Å². The molecule has 0 spiro atoms. The van der Waals surface area contributed by atoms with E-state index >= 15 is 0 Å². The zero-order chi connectivity index (χ0) is 22.5. The van der Waals surface area contributed by atoms with Gasteiger partial charge in [0.2, 0.25) is 0 Å². The molecule has 5 nitrogen and oxygen atoms in total. The zero-order valence-corrected chi connectivity index (χ0v) is 18.6. The van der Waals surface area contributed by atoms with Crippen molar-refractivity contribution in [2.75, 3.05) is 7.11 Å². The van der Waals surface area contributed by atoms with E-state index in [2.05, 4.69) is 4.99 Å². The number of benzene rings is 2. The van der Waals surface area contributed by atoms with Gasteiger partial charge in [0.05, 0.1) is 29.0 Å². The first kappa shape index (κ1) is 21.5. The van der Waals surface area contributed by atoms with Gasteiger partial charge in [0.25, 0.3) is 5.56 Å². The van der Waals surface area contributed by atoms with Gasteiger partial charge in [-0.1, -0.05) is 96.3 Å². The smallest absolute Gasteiger partial charge is 0.338 e. The minimum Gasteiger partial charge on any atom is -0.466 e. The third kappa shape index (κ3) is 4.45. The van der Waals surface area contributed by atoms with Gasteiger partial charge in [-0.05, 0) is 24.1 Å². The maximum atomic E-state index is 13.3. The monoisotopic (exact) mass is 442 g/mol. The SMILES string of the molecule is COC(=O)C1=C(C)N=c2s/c(=C/C=C/c3ccccc3)c(=O)n2[C@@H]1/C=C/c1ccccc1. The molecule has 0 amide bonds. The first-order chi connectivity index (χ1) is 15.6. The van der Waals surface area contributed by atoms with Crippen molar-refractivity contribution in [2.24, 2.45) is 4.99 Å². The largest absolute Gasteiger partial charge is 0.466 e. The molecule has 0 fully saturated rings. The Balaban J connectivity index is 1.80. The van der Waals surface area contributed by atoms with Crippen molar-refractivity contribution in [3.63, 3.8) is 0 Å². The highest BCUT2D eigenvalue weighted by Crippen LogP contribution is 2.26. The van der Waals surface area contributed by atoms with Crippen LogP contribution in [0.1, 0.15) is 24.1 Å². The topological polar surface area (TPSA) is 60.7 Å². The number of carbonyl (C=O) groups is 1. The molecular weight excluding hydrogens is 420 g/mol.